The molecule has 0 unspecified atom stereocenters. The molecule has 6 nitrogen and oxygen atoms in total. The van der Waals surface area contributed by atoms with Gasteiger partial charge in [-0.05, 0) is 0 Å². The molecular weight excluding hydrogens is 260 g/mol. The van der Waals surface area contributed by atoms with Gasteiger partial charge in [0.1, 0.15) is 6.33 Å². The molecule has 2 aromatic rings. The van der Waals surface area contributed by atoms with E-state index in [2.05, 4.69) is 15.2 Å². The van der Waals surface area contributed by atoms with Gasteiger partial charge in [0.05, 0.1) is 17.0 Å². The number of thioether (sulfide) groups is 1. The predicted octanol–water partition coefficient (Wildman–Crippen LogP) is 1.15. The molecular formula is C9H10N4O2S2. The van der Waals surface area contributed by atoms with Crippen molar-refractivity contribution in [3.05, 3.63) is 22.9 Å². The minimum absolute atomic E-state index is 0.00457. The number of aromatic nitrogens is 4. The second kappa shape index (κ2) is 5.78. The Balaban J connectivity index is 1.92. The summed E-state index contributed by atoms with van der Waals surface area (Å²) in [6.07, 6.45) is 2.40. The molecule has 0 spiro atoms. The Bertz CT molecular complexity index is 483. The van der Waals surface area contributed by atoms with Crippen LogP contribution in [0.1, 0.15) is 5.69 Å². The lowest BCUT2D eigenvalue weighted by molar-refractivity contribution is -0.133. The summed E-state index contributed by atoms with van der Waals surface area (Å²) in [6, 6.07) is 0. The smallest absolute Gasteiger partial charge is 0.313 e. The van der Waals surface area contributed by atoms with E-state index in [4.69, 9.17) is 5.11 Å². The standard InChI is InChI=1S/C9H10N4O2S2/c14-8(15)4-17-9-12-11-5-13(9)2-1-7-3-16-6-10-7/h3,5-6H,1-2,4H2,(H,14,15). The fourth-order valence-corrected chi connectivity index (χ4v) is 2.49. The maximum atomic E-state index is 10.5. The number of carboxylic acids is 1. The van der Waals surface area contributed by atoms with Crippen molar-refractivity contribution in [2.24, 2.45) is 0 Å². The lowest BCUT2D eigenvalue weighted by Crippen LogP contribution is -2.04. The first kappa shape index (κ1) is 12.1. The molecule has 0 atom stereocenters. The lowest BCUT2D eigenvalue weighted by atomic mass is 10.3. The van der Waals surface area contributed by atoms with E-state index in [1.807, 2.05) is 9.95 Å². The third kappa shape index (κ3) is 3.53. The van der Waals surface area contributed by atoms with Gasteiger partial charge in [0, 0.05) is 18.3 Å². The summed E-state index contributed by atoms with van der Waals surface area (Å²) >= 11 is 2.73. The number of carbonyl (C=O) groups is 1. The quantitative estimate of drug-likeness (QED) is 0.793. The van der Waals surface area contributed by atoms with Gasteiger partial charge in [-0.15, -0.1) is 21.5 Å². The molecule has 8 heteroatoms. The highest BCUT2D eigenvalue weighted by Gasteiger charge is 2.07. The molecule has 0 aliphatic rings. The topological polar surface area (TPSA) is 80.9 Å². The molecule has 0 saturated heterocycles. The highest BCUT2D eigenvalue weighted by molar-refractivity contribution is 7.99. The molecule has 0 aliphatic heterocycles. The Morgan fingerprint density at radius 2 is 2.47 bits per heavy atom. The second-order valence-corrected chi connectivity index (χ2v) is 4.88. The molecule has 90 valence electrons. The largest absolute Gasteiger partial charge is 0.481 e. The monoisotopic (exact) mass is 270 g/mol. The van der Waals surface area contributed by atoms with Crippen molar-refractivity contribution in [2.75, 3.05) is 5.75 Å². The molecule has 0 fully saturated rings. The van der Waals surface area contributed by atoms with E-state index in [0.29, 0.717) is 11.7 Å². The summed E-state index contributed by atoms with van der Waals surface area (Å²) in [4.78, 5) is 14.6. The summed E-state index contributed by atoms with van der Waals surface area (Å²) in [5.74, 6) is -0.862. The van der Waals surface area contributed by atoms with E-state index >= 15 is 0 Å². The molecule has 0 aromatic carbocycles. The first-order valence-corrected chi connectivity index (χ1v) is 6.78. The third-order valence-corrected chi connectivity index (χ3v) is 3.60. The van der Waals surface area contributed by atoms with Crippen LogP contribution in [0.2, 0.25) is 0 Å². The SMILES string of the molecule is O=C(O)CSc1nncn1CCc1cscn1. The molecule has 2 rings (SSSR count). The predicted molar refractivity (Wildman–Crippen MR) is 64.2 cm³/mol. The van der Waals surface area contributed by atoms with Crippen LogP contribution in [0, 0.1) is 0 Å². The van der Waals surface area contributed by atoms with Crippen molar-refractivity contribution in [2.45, 2.75) is 18.1 Å². The lowest BCUT2D eigenvalue weighted by Gasteiger charge is -2.03. The first-order chi connectivity index (χ1) is 8.25. The van der Waals surface area contributed by atoms with E-state index in [1.54, 1.807) is 23.2 Å². The van der Waals surface area contributed by atoms with Gasteiger partial charge in [-0.25, -0.2) is 4.98 Å². The summed E-state index contributed by atoms with van der Waals surface area (Å²) in [5.41, 5.74) is 2.82. The summed E-state index contributed by atoms with van der Waals surface area (Å²) < 4.78 is 1.84. The minimum Gasteiger partial charge on any atom is -0.481 e. The van der Waals surface area contributed by atoms with Crippen LogP contribution in [-0.2, 0) is 17.8 Å². The van der Waals surface area contributed by atoms with Crippen molar-refractivity contribution < 1.29 is 9.90 Å². The minimum atomic E-state index is -0.857. The Kier molecular flexibility index (Phi) is 4.10. The summed E-state index contributed by atoms with van der Waals surface area (Å²) in [5, 5.41) is 18.9. The number of nitrogens with zero attached hydrogens (tertiary/aromatic N) is 4. The average Bonchev–Trinajstić information content (AvgIpc) is 2.95. The van der Waals surface area contributed by atoms with E-state index in [9.17, 15) is 4.79 Å². The number of thiazole rings is 1. The Morgan fingerprint density at radius 3 is 3.18 bits per heavy atom. The van der Waals surface area contributed by atoms with Crippen molar-refractivity contribution in [3.63, 3.8) is 0 Å². The van der Waals surface area contributed by atoms with Gasteiger partial charge < -0.3 is 9.67 Å². The first-order valence-electron chi connectivity index (χ1n) is 4.85. The summed E-state index contributed by atoms with van der Waals surface area (Å²) in [6.45, 7) is 0.707. The van der Waals surface area contributed by atoms with Gasteiger partial charge in [0.15, 0.2) is 5.16 Å². The molecule has 2 heterocycles. The van der Waals surface area contributed by atoms with Crippen LogP contribution in [0.5, 0.6) is 0 Å². The maximum absolute atomic E-state index is 10.5. The molecule has 0 saturated carbocycles. The Morgan fingerprint density at radius 1 is 1.59 bits per heavy atom. The fraction of sp³-hybridized carbons (Fsp3) is 0.333. The van der Waals surface area contributed by atoms with Crippen molar-refractivity contribution in [1.29, 1.82) is 0 Å². The van der Waals surface area contributed by atoms with Gasteiger partial charge in [0.2, 0.25) is 0 Å². The van der Waals surface area contributed by atoms with Crippen molar-refractivity contribution in [1.82, 2.24) is 19.7 Å². The molecule has 2 aromatic heterocycles. The van der Waals surface area contributed by atoms with Crippen molar-refractivity contribution in [3.8, 4) is 0 Å². The van der Waals surface area contributed by atoms with E-state index in [0.717, 1.165) is 12.1 Å². The summed E-state index contributed by atoms with van der Waals surface area (Å²) in [7, 11) is 0. The highest BCUT2D eigenvalue weighted by Crippen LogP contribution is 2.15. The van der Waals surface area contributed by atoms with E-state index in [1.165, 1.54) is 11.8 Å². The number of aliphatic carboxylic acids is 1. The zero-order valence-electron chi connectivity index (χ0n) is 8.81. The van der Waals surface area contributed by atoms with Gasteiger partial charge in [-0.1, -0.05) is 11.8 Å². The zero-order chi connectivity index (χ0) is 12.1. The van der Waals surface area contributed by atoms with Crippen LogP contribution < -0.4 is 0 Å². The molecule has 1 N–H and O–H groups in total. The second-order valence-electron chi connectivity index (χ2n) is 3.22. The number of hydrogen-bond donors (Lipinski definition) is 1. The van der Waals surface area contributed by atoms with Crippen LogP contribution in [0.4, 0.5) is 0 Å². The average molecular weight is 270 g/mol. The Labute approximate surface area is 106 Å². The third-order valence-electron chi connectivity index (χ3n) is 2.00. The van der Waals surface area contributed by atoms with Gasteiger partial charge in [-0.3, -0.25) is 4.79 Å². The zero-order valence-corrected chi connectivity index (χ0v) is 10.4. The number of hydrogen-bond acceptors (Lipinski definition) is 6. The van der Waals surface area contributed by atoms with E-state index in [-0.39, 0.29) is 5.75 Å². The van der Waals surface area contributed by atoms with Crippen LogP contribution in [-0.4, -0.2) is 36.6 Å². The van der Waals surface area contributed by atoms with Crippen LogP contribution >= 0.6 is 23.1 Å². The normalized spacial score (nSPS) is 10.6. The van der Waals surface area contributed by atoms with E-state index < -0.39 is 5.97 Å². The molecule has 17 heavy (non-hydrogen) atoms. The Hall–Kier alpha value is -1.41. The van der Waals surface area contributed by atoms with Gasteiger partial charge in [-0.2, -0.15) is 0 Å². The highest BCUT2D eigenvalue weighted by atomic mass is 32.2. The maximum Gasteiger partial charge on any atom is 0.313 e. The van der Waals surface area contributed by atoms with Gasteiger partial charge in [0.25, 0.3) is 0 Å². The molecule has 0 aliphatic carbocycles. The number of carboxylic acid groups (broad SMARTS) is 1. The molecule has 0 bridgehead atoms. The number of aryl methyl sites for hydroxylation is 2. The van der Waals surface area contributed by atoms with Crippen molar-refractivity contribution >= 4 is 29.1 Å². The molecule has 0 amide bonds. The van der Waals surface area contributed by atoms with Gasteiger partial charge >= 0.3 is 5.97 Å². The van der Waals surface area contributed by atoms with Crippen LogP contribution in [0.15, 0.2) is 22.4 Å². The number of rotatable bonds is 6. The van der Waals surface area contributed by atoms with Crippen LogP contribution in [0.25, 0.3) is 0 Å². The van der Waals surface area contributed by atoms with Crippen LogP contribution in [0.3, 0.4) is 0 Å². The molecule has 0 radical (unpaired) electrons. The fourth-order valence-electron chi connectivity index (χ4n) is 1.23.